The second kappa shape index (κ2) is 4.89. The number of amides is 1. The van der Waals surface area contributed by atoms with E-state index in [9.17, 15) is 4.79 Å². The van der Waals surface area contributed by atoms with E-state index in [2.05, 4.69) is 4.98 Å². The first-order valence-corrected chi connectivity index (χ1v) is 7.46. The van der Waals surface area contributed by atoms with Gasteiger partial charge < -0.3 is 14.1 Å². The first-order chi connectivity index (χ1) is 10.3. The molecule has 5 nitrogen and oxygen atoms in total. The van der Waals surface area contributed by atoms with Gasteiger partial charge in [-0.25, -0.2) is 4.98 Å². The summed E-state index contributed by atoms with van der Waals surface area (Å²) in [5.41, 5.74) is 0.945. The Morgan fingerprint density at radius 3 is 2.90 bits per heavy atom. The lowest BCUT2D eigenvalue weighted by molar-refractivity contribution is 0.0155. The number of carbonyl (C=O) groups is 1. The van der Waals surface area contributed by atoms with Gasteiger partial charge in [-0.05, 0) is 24.3 Å². The van der Waals surface area contributed by atoms with Gasteiger partial charge in [-0.1, -0.05) is 23.5 Å². The van der Waals surface area contributed by atoms with Crippen LogP contribution in [0.2, 0.25) is 0 Å². The van der Waals surface area contributed by atoms with Gasteiger partial charge in [-0.2, -0.15) is 0 Å². The zero-order chi connectivity index (χ0) is 14.2. The summed E-state index contributed by atoms with van der Waals surface area (Å²) in [7, 11) is 0. The van der Waals surface area contributed by atoms with Gasteiger partial charge in [0.05, 0.1) is 29.6 Å². The Bertz CT molecular complexity index is 742. The molecule has 6 heteroatoms. The molecule has 0 spiro atoms. The normalized spacial score (nSPS) is 15.1. The molecule has 0 radical (unpaired) electrons. The summed E-state index contributed by atoms with van der Waals surface area (Å²) in [6, 6.07) is 11.3. The van der Waals surface area contributed by atoms with Gasteiger partial charge in [0.25, 0.3) is 11.1 Å². The van der Waals surface area contributed by atoms with Crippen molar-refractivity contribution in [3.05, 3.63) is 48.4 Å². The molecule has 0 atom stereocenters. The molecule has 3 aromatic rings. The van der Waals surface area contributed by atoms with Crippen LogP contribution in [0.1, 0.15) is 10.6 Å². The second-order valence-electron chi connectivity index (χ2n) is 4.87. The zero-order valence-electron chi connectivity index (χ0n) is 11.1. The minimum atomic E-state index is -0.0934. The number of benzene rings is 1. The highest BCUT2D eigenvalue weighted by Gasteiger charge is 2.34. The minimum absolute atomic E-state index is 0.00414. The van der Waals surface area contributed by atoms with E-state index in [0.717, 1.165) is 10.2 Å². The van der Waals surface area contributed by atoms with Gasteiger partial charge in [-0.3, -0.25) is 4.79 Å². The van der Waals surface area contributed by atoms with Crippen molar-refractivity contribution >= 4 is 27.5 Å². The average Bonchev–Trinajstić information content (AvgIpc) is 3.10. The molecule has 1 fully saturated rings. The molecule has 1 amide bonds. The van der Waals surface area contributed by atoms with E-state index >= 15 is 0 Å². The van der Waals surface area contributed by atoms with Crippen LogP contribution < -0.4 is 4.74 Å². The van der Waals surface area contributed by atoms with E-state index in [1.54, 1.807) is 17.0 Å². The van der Waals surface area contributed by atoms with Crippen LogP contribution in [0.25, 0.3) is 10.2 Å². The Kier molecular flexibility index (Phi) is 2.89. The highest BCUT2D eigenvalue weighted by Crippen LogP contribution is 2.29. The van der Waals surface area contributed by atoms with Gasteiger partial charge in [0, 0.05) is 0 Å². The SMILES string of the molecule is O=C(c1ccco1)N1CC(Oc2nc3ccccc3s2)C1. The molecule has 0 unspecified atom stereocenters. The quantitative estimate of drug-likeness (QED) is 0.746. The van der Waals surface area contributed by atoms with Gasteiger partial charge in [0.15, 0.2) is 5.76 Å². The maximum absolute atomic E-state index is 12.0. The summed E-state index contributed by atoms with van der Waals surface area (Å²) in [6.07, 6.45) is 1.51. The molecule has 0 bridgehead atoms. The van der Waals surface area contributed by atoms with Crippen LogP contribution in [0.15, 0.2) is 47.1 Å². The number of nitrogens with zero attached hydrogens (tertiary/aromatic N) is 2. The topological polar surface area (TPSA) is 55.6 Å². The van der Waals surface area contributed by atoms with Crippen LogP contribution >= 0.6 is 11.3 Å². The molecule has 1 saturated heterocycles. The molecule has 1 aliphatic rings. The fourth-order valence-corrected chi connectivity index (χ4v) is 3.16. The standard InChI is InChI=1S/C15H12N2O3S/c18-14(12-5-3-7-19-12)17-8-10(9-17)20-15-16-11-4-1-2-6-13(11)21-15/h1-7,10H,8-9H2. The molecule has 21 heavy (non-hydrogen) atoms. The summed E-state index contributed by atoms with van der Waals surface area (Å²) >= 11 is 1.53. The Balaban J connectivity index is 1.39. The van der Waals surface area contributed by atoms with E-state index in [1.807, 2.05) is 24.3 Å². The third kappa shape index (κ3) is 2.27. The van der Waals surface area contributed by atoms with Gasteiger partial charge in [-0.15, -0.1) is 0 Å². The van der Waals surface area contributed by atoms with Crippen LogP contribution in [0.5, 0.6) is 5.19 Å². The largest absolute Gasteiger partial charge is 0.463 e. The molecule has 0 aliphatic carbocycles. The molecule has 1 aliphatic heterocycles. The van der Waals surface area contributed by atoms with Crippen molar-refractivity contribution in [1.82, 2.24) is 9.88 Å². The molecule has 1 aromatic carbocycles. The molecular formula is C15H12N2O3S. The van der Waals surface area contributed by atoms with Crippen LogP contribution in [0.3, 0.4) is 0 Å². The highest BCUT2D eigenvalue weighted by atomic mass is 32.1. The number of para-hydroxylation sites is 1. The second-order valence-corrected chi connectivity index (χ2v) is 5.87. The van der Waals surface area contributed by atoms with E-state index < -0.39 is 0 Å². The Hall–Kier alpha value is -2.34. The number of hydrogen-bond donors (Lipinski definition) is 0. The number of hydrogen-bond acceptors (Lipinski definition) is 5. The molecule has 0 N–H and O–H groups in total. The molecule has 0 saturated carbocycles. The van der Waals surface area contributed by atoms with Crippen LogP contribution in [-0.2, 0) is 0 Å². The van der Waals surface area contributed by atoms with Crippen molar-refractivity contribution < 1.29 is 13.9 Å². The maximum atomic E-state index is 12.0. The lowest BCUT2D eigenvalue weighted by atomic mass is 10.1. The number of fused-ring (bicyclic) bond motifs is 1. The van der Waals surface area contributed by atoms with Crippen molar-refractivity contribution in [3.8, 4) is 5.19 Å². The predicted octanol–water partition coefficient (Wildman–Crippen LogP) is 2.79. The van der Waals surface area contributed by atoms with Gasteiger partial charge in [0.2, 0.25) is 0 Å². The minimum Gasteiger partial charge on any atom is -0.463 e. The summed E-state index contributed by atoms with van der Waals surface area (Å²) in [6.45, 7) is 1.13. The van der Waals surface area contributed by atoms with Crippen molar-refractivity contribution in [2.45, 2.75) is 6.10 Å². The van der Waals surface area contributed by atoms with Crippen LogP contribution in [0, 0.1) is 0 Å². The highest BCUT2D eigenvalue weighted by molar-refractivity contribution is 7.20. The number of aromatic nitrogens is 1. The summed E-state index contributed by atoms with van der Waals surface area (Å²) in [5, 5.41) is 0.659. The van der Waals surface area contributed by atoms with E-state index in [-0.39, 0.29) is 12.0 Å². The number of ether oxygens (including phenoxy) is 1. The lowest BCUT2D eigenvalue weighted by Crippen LogP contribution is -2.56. The first kappa shape index (κ1) is 12.4. The van der Waals surface area contributed by atoms with Crippen molar-refractivity contribution in [2.24, 2.45) is 0 Å². The number of thiazole rings is 1. The fraction of sp³-hybridized carbons (Fsp3) is 0.200. The molecule has 4 rings (SSSR count). The Morgan fingerprint density at radius 1 is 1.29 bits per heavy atom. The van der Waals surface area contributed by atoms with Crippen molar-refractivity contribution in [3.63, 3.8) is 0 Å². The third-order valence-electron chi connectivity index (χ3n) is 3.41. The van der Waals surface area contributed by atoms with Gasteiger partial charge >= 0.3 is 0 Å². The number of likely N-dealkylation sites (tertiary alicyclic amines) is 1. The molecular weight excluding hydrogens is 288 g/mol. The summed E-state index contributed by atoms with van der Waals surface area (Å²) in [5.74, 6) is 0.276. The summed E-state index contributed by atoms with van der Waals surface area (Å²) in [4.78, 5) is 18.1. The predicted molar refractivity (Wildman–Crippen MR) is 78.6 cm³/mol. The first-order valence-electron chi connectivity index (χ1n) is 6.64. The molecule has 2 aromatic heterocycles. The fourth-order valence-electron chi connectivity index (χ4n) is 2.28. The van der Waals surface area contributed by atoms with Crippen molar-refractivity contribution in [1.29, 1.82) is 0 Å². The van der Waals surface area contributed by atoms with Crippen LogP contribution in [0.4, 0.5) is 0 Å². The maximum Gasteiger partial charge on any atom is 0.289 e. The number of furan rings is 1. The Labute approximate surface area is 124 Å². The summed E-state index contributed by atoms with van der Waals surface area (Å²) < 4.78 is 12.0. The molecule has 3 heterocycles. The zero-order valence-corrected chi connectivity index (χ0v) is 11.9. The van der Waals surface area contributed by atoms with E-state index in [4.69, 9.17) is 9.15 Å². The molecule has 106 valence electrons. The number of rotatable bonds is 3. The average molecular weight is 300 g/mol. The van der Waals surface area contributed by atoms with E-state index in [0.29, 0.717) is 24.0 Å². The van der Waals surface area contributed by atoms with E-state index in [1.165, 1.54) is 17.6 Å². The smallest absolute Gasteiger partial charge is 0.289 e. The van der Waals surface area contributed by atoms with Crippen molar-refractivity contribution in [2.75, 3.05) is 13.1 Å². The monoisotopic (exact) mass is 300 g/mol. The number of carbonyl (C=O) groups excluding carboxylic acids is 1. The third-order valence-corrected chi connectivity index (χ3v) is 4.34. The van der Waals surface area contributed by atoms with Crippen LogP contribution in [-0.4, -0.2) is 35.0 Å². The Morgan fingerprint density at radius 2 is 2.14 bits per heavy atom. The lowest BCUT2D eigenvalue weighted by Gasteiger charge is -2.37. The van der Waals surface area contributed by atoms with Gasteiger partial charge in [0.1, 0.15) is 6.10 Å².